The minimum atomic E-state index is -2.13. The van der Waals surface area contributed by atoms with Crippen LogP contribution in [0, 0.1) is 0 Å². The van der Waals surface area contributed by atoms with E-state index < -0.39 is 36.7 Å². The normalized spacial score (nSPS) is 25.1. The van der Waals surface area contributed by atoms with E-state index in [9.17, 15) is 13.9 Å². The highest BCUT2D eigenvalue weighted by Crippen LogP contribution is 2.40. The number of hydrogen-bond acceptors (Lipinski definition) is 8. The Morgan fingerprint density at radius 2 is 2.09 bits per heavy atom. The Morgan fingerprint density at radius 1 is 1.36 bits per heavy atom. The fraction of sp³-hybridized carbons (Fsp3) is 0.364. The van der Waals surface area contributed by atoms with Crippen molar-refractivity contribution >= 4 is 22.9 Å². The van der Waals surface area contributed by atoms with Crippen LogP contribution < -0.4 is 11.5 Å². The Balaban J connectivity index is 2.21. The van der Waals surface area contributed by atoms with Gasteiger partial charge in [-0.25, -0.2) is 15.0 Å². The summed E-state index contributed by atoms with van der Waals surface area (Å²) in [6, 6.07) is 0. The average molecular weight is 314 g/mol. The van der Waals surface area contributed by atoms with Crippen LogP contribution in [0.3, 0.4) is 0 Å². The van der Waals surface area contributed by atoms with E-state index in [1.807, 2.05) is 0 Å². The third-order valence-electron chi connectivity index (χ3n) is 3.41. The molecule has 1 aliphatic rings. The van der Waals surface area contributed by atoms with E-state index in [1.54, 1.807) is 0 Å². The number of rotatable bonds is 2. The van der Waals surface area contributed by atoms with Gasteiger partial charge in [-0.1, -0.05) is 0 Å². The lowest BCUT2D eigenvalue weighted by Crippen LogP contribution is -2.25. The molecular weight excluding hydrogens is 302 g/mol. The first-order valence-electron chi connectivity index (χ1n) is 6.19. The molecule has 0 aliphatic carbocycles. The van der Waals surface area contributed by atoms with Crippen LogP contribution in [0.15, 0.2) is 18.0 Å². The molecular formula is C11H12F2N6O3. The summed E-state index contributed by atoms with van der Waals surface area (Å²) in [5, 5.41) is 19.0. The highest BCUT2D eigenvalue weighted by Gasteiger charge is 2.44. The van der Waals surface area contributed by atoms with Gasteiger partial charge in [0.05, 0.1) is 12.2 Å². The van der Waals surface area contributed by atoms with Crippen LogP contribution >= 0.6 is 0 Å². The van der Waals surface area contributed by atoms with E-state index in [-0.39, 0.29) is 22.9 Å². The van der Waals surface area contributed by atoms with Crippen LogP contribution in [0.4, 0.5) is 20.5 Å². The van der Waals surface area contributed by atoms with E-state index in [2.05, 4.69) is 15.0 Å². The third-order valence-corrected chi connectivity index (χ3v) is 3.41. The molecule has 2 aromatic rings. The Labute approximate surface area is 121 Å². The quantitative estimate of drug-likeness (QED) is 0.574. The van der Waals surface area contributed by atoms with Crippen molar-refractivity contribution in [2.45, 2.75) is 18.4 Å². The van der Waals surface area contributed by atoms with Crippen LogP contribution in [-0.2, 0) is 4.74 Å². The summed E-state index contributed by atoms with van der Waals surface area (Å²) in [4.78, 5) is 11.6. The molecule has 0 radical (unpaired) electrons. The maximum Gasteiger partial charge on any atom is 0.276 e. The molecule has 118 valence electrons. The van der Waals surface area contributed by atoms with Crippen molar-refractivity contribution in [1.29, 1.82) is 0 Å². The average Bonchev–Trinajstić information content (AvgIpc) is 2.96. The number of halogens is 2. The van der Waals surface area contributed by atoms with E-state index in [1.165, 1.54) is 0 Å². The second-order valence-electron chi connectivity index (χ2n) is 4.64. The summed E-state index contributed by atoms with van der Waals surface area (Å²) in [5.74, 6) is -0.157. The molecule has 3 rings (SSSR count). The van der Waals surface area contributed by atoms with Gasteiger partial charge in [-0.05, 0) is 0 Å². The zero-order valence-corrected chi connectivity index (χ0v) is 11.0. The molecule has 1 fully saturated rings. The van der Waals surface area contributed by atoms with Crippen LogP contribution in [0.5, 0.6) is 0 Å². The summed E-state index contributed by atoms with van der Waals surface area (Å²) < 4.78 is 32.7. The lowest BCUT2D eigenvalue weighted by Gasteiger charge is -2.15. The number of nitrogens with two attached hydrogens (primary N) is 2. The van der Waals surface area contributed by atoms with Gasteiger partial charge in [-0.3, -0.25) is 4.57 Å². The molecule has 2 aromatic heterocycles. The molecule has 3 heterocycles. The van der Waals surface area contributed by atoms with E-state index in [4.69, 9.17) is 21.3 Å². The van der Waals surface area contributed by atoms with Crippen molar-refractivity contribution in [2.24, 2.45) is 0 Å². The number of nitrogens with zero attached hydrogens (tertiary/aromatic N) is 4. The molecule has 0 bridgehead atoms. The van der Waals surface area contributed by atoms with Gasteiger partial charge in [-0.2, -0.15) is 8.78 Å². The first kappa shape index (κ1) is 14.6. The lowest BCUT2D eigenvalue weighted by molar-refractivity contribution is -0.0416. The topological polar surface area (TPSA) is 145 Å². The molecule has 3 atom stereocenters. The van der Waals surface area contributed by atoms with E-state index >= 15 is 0 Å². The zero-order chi connectivity index (χ0) is 16.0. The fourth-order valence-electron chi connectivity index (χ4n) is 2.38. The van der Waals surface area contributed by atoms with Crippen molar-refractivity contribution in [3.63, 3.8) is 0 Å². The fourth-order valence-corrected chi connectivity index (χ4v) is 2.38. The predicted octanol–water partition coefficient (Wildman–Crippen LogP) is -0.608. The molecule has 11 heteroatoms. The summed E-state index contributed by atoms with van der Waals surface area (Å²) in [6.45, 7) is -0.641. The molecule has 9 nitrogen and oxygen atoms in total. The first-order chi connectivity index (χ1) is 10.5. The van der Waals surface area contributed by atoms with Crippen LogP contribution in [-0.4, -0.2) is 48.5 Å². The summed E-state index contributed by atoms with van der Waals surface area (Å²) in [6.07, 6.45) is -5.33. The minimum absolute atomic E-state index is 0.0268. The molecule has 1 saturated heterocycles. The molecule has 6 N–H and O–H groups in total. The molecule has 22 heavy (non-hydrogen) atoms. The second kappa shape index (κ2) is 5.12. The van der Waals surface area contributed by atoms with Crippen LogP contribution in [0.2, 0.25) is 0 Å². The molecule has 0 aromatic carbocycles. The maximum absolute atomic E-state index is 13.2. The summed E-state index contributed by atoms with van der Waals surface area (Å²) in [7, 11) is 0. The number of ether oxygens (including phenoxy) is 1. The van der Waals surface area contributed by atoms with Crippen molar-refractivity contribution in [1.82, 2.24) is 19.5 Å². The maximum atomic E-state index is 13.2. The van der Waals surface area contributed by atoms with Crippen molar-refractivity contribution < 1.29 is 23.7 Å². The number of imidazole rings is 1. The highest BCUT2D eigenvalue weighted by atomic mass is 19.3. The standard InChI is InChI=1S/C11H12F2N6O3/c12-7(13)4-6(21)3(1-20)22-10(4)19-9-5(18-11(19)15)8(14)16-2-17-9/h2-3,6,10,20-21H,1H2,(H2,15,18)(H2,14,16,17)/t3-,6-,10-/m1/s1. The number of aromatic nitrogens is 4. The number of nitrogen functional groups attached to an aromatic ring is 2. The predicted molar refractivity (Wildman–Crippen MR) is 70.4 cm³/mol. The Morgan fingerprint density at radius 3 is 2.73 bits per heavy atom. The molecule has 0 spiro atoms. The van der Waals surface area contributed by atoms with Gasteiger partial charge >= 0.3 is 0 Å². The third kappa shape index (κ3) is 1.98. The van der Waals surface area contributed by atoms with Crippen molar-refractivity contribution in [3.8, 4) is 0 Å². The second-order valence-corrected chi connectivity index (χ2v) is 4.64. The zero-order valence-electron chi connectivity index (χ0n) is 11.0. The molecule has 1 aliphatic heterocycles. The van der Waals surface area contributed by atoms with E-state index in [0.717, 1.165) is 10.9 Å². The van der Waals surface area contributed by atoms with Crippen LogP contribution in [0.25, 0.3) is 11.2 Å². The Kier molecular flexibility index (Phi) is 3.39. The SMILES string of the molecule is Nc1ncnc2c1nc(N)n2[C@@H]1O[C@H](CO)[C@@H](O)C1=C(F)F. The number of hydrogen-bond donors (Lipinski definition) is 4. The highest BCUT2D eigenvalue weighted by molar-refractivity contribution is 5.83. The van der Waals surface area contributed by atoms with Gasteiger partial charge in [0, 0.05) is 0 Å². The molecule has 0 saturated carbocycles. The number of anilines is 2. The van der Waals surface area contributed by atoms with Gasteiger partial charge in [0.2, 0.25) is 5.95 Å². The lowest BCUT2D eigenvalue weighted by atomic mass is 10.1. The monoisotopic (exact) mass is 314 g/mol. The van der Waals surface area contributed by atoms with Gasteiger partial charge in [0.25, 0.3) is 6.08 Å². The van der Waals surface area contributed by atoms with Gasteiger partial charge < -0.3 is 26.4 Å². The number of aliphatic hydroxyl groups excluding tert-OH is 2. The van der Waals surface area contributed by atoms with Crippen molar-refractivity contribution in [2.75, 3.05) is 18.1 Å². The van der Waals surface area contributed by atoms with Gasteiger partial charge in [0.1, 0.15) is 18.5 Å². The van der Waals surface area contributed by atoms with Gasteiger partial charge in [-0.15, -0.1) is 0 Å². The largest absolute Gasteiger partial charge is 0.394 e. The Bertz CT molecular complexity index is 760. The molecule has 0 unspecified atom stereocenters. The van der Waals surface area contributed by atoms with E-state index in [0.29, 0.717) is 0 Å². The molecule has 0 amide bonds. The Hall–Kier alpha value is -2.37. The summed E-state index contributed by atoms with van der Waals surface area (Å²) >= 11 is 0. The van der Waals surface area contributed by atoms with Crippen LogP contribution in [0.1, 0.15) is 6.23 Å². The smallest absolute Gasteiger partial charge is 0.276 e. The number of aliphatic hydroxyl groups is 2. The van der Waals surface area contributed by atoms with Gasteiger partial charge in [0.15, 0.2) is 23.2 Å². The number of fused-ring (bicyclic) bond motifs is 1. The summed E-state index contributed by atoms with van der Waals surface area (Å²) in [5.41, 5.74) is 10.9. The first-order valence-corrected chi connectivity index (χ1v) is 6.19. The minimum Gasteiger partial charge on any atom is -0.394 e. The van der Waals surface area contributed by atoms with Crippen molar-refractivity contribution in [3.05, 3.63) is 18.0 Å².